The predicted molar refractivity (Wildman–Crippen MR) is 206 cm³/mol. The second kappa shape index (κ2) is 21.4. The molecule has 0 N–H and O–H groups in total. The van der Waals surface area contributed by atoms with Crippen molar-refractivity contribution in [1.82, 2.24) is 9.97 Å². The molecule has 0 aliphatic heterocycles. The van der Waals surface area contributed by atoms with Crippen LogP contribution < -0.4 is 9.47 Å². The van der Waals surface area contributed by atoms with E-state index in [1.54, 1.807) is 17.4 Å². The lowest BCUT2D eigenvalue weighted by Gasteiger charge is -2.36. The van der Waals surface area contributed by atoms with Crippen LogP contribution in [0.3, 0.4) is 0 Å². The lowest BCUT2D eigenvalue weighted by molar-refractivity contribution is 0.281. The number of hydrogen-bond donors (Lipinski definition) is 0. The minimum atomic E-state index is -1.02. The van der Waals surface area contributed by atoms with Gasteiger partial charge in [0.05, 0.1) is 13.2 Å². The standard InChI is InChI=1S/C38H70N2O2Si3/c1-9-10-11-12-18-22-29-42-38-39-31-36(32-40-38)35-24-26-37(27-25-35)41-28-21-19-16-14-13-15-17-20-23-30-44(5,6)34-45(7,8)33-43(2,3)4/h24-27,31-32H,9-23,28-30,33-34H2,1-8H3. The minimum Gasteiger partial charge on any atom is -0.494 e. The van der Waals surface area contributed by atoms with Crippen molar-refractivity contribution in [1.29, 1.82) is 0 Å². The van der Waals surface area contributed by atoms with Crippen LogP contribution in [0, 0.1) is 0 Å². The van der Waals surface area contributed by atoms with Crippen molar-refractivity contribution in [3.8, 4) is 22.9 Å². The summed E-state index contributed by atoms with van der Waals surface area (Å²) in [6, 6.07) is 10.3. The summed E-state index contributed by atoms with van der Waals surface area (Å²) < 4.78 is 11.7. The second-order valence-electron chi connectivity index (χ2n) is 16.4. The lowest BCUT2D eigenvalue weighted by atomic mass is 10.1. The van der Waals surface area contributed by atoms with Gasteiger partial charge in [0, 0.05) is 42.2 Å². The van der Waals surface area contributed by atoms with Crippen molar-refractivity contribution < 1.29 is 9.47 Å². The largest absolute Gasteiger partial charge is 0.494 e. The molecule has 0 aliphatic carbocycles. The van der Waals surface area contributed by atoms with Crippen molar-refractivity contribution in [3.05, 3.63) is 36.7 Å². The van der Waals surface area contributed by atoms with E-state index >= 15 is 0 Å². The summed E-state index contributed by atoms with van der Waals surface area (Å²) in [6.07, 6.45) is 23.5. The maximum atomic E-state index is 6.01. The molecule has 4 nitrogen and oxygen atoms in total. The zero-order chi connectivity index (χ0) is 33.0. The van der Waals surface area contributed by atoms with Crippen molar-refractivity contribution in [2.45, 2.75) is 166 Å². The van der Waals surface area contributed by atoms with Gasteiger partial charge in [-0.15, -0.1) is 0 Å². The van der Waals surface area contributed by atoms with Gasteiger partial charge in [0.15, 0.2) is 0 Å². The average molecular weight is 671 g/mol. The van der Waals surface area contributed by atoms with Crippen LogP contribution in [0.1, 0.15) is 103 Å². The van der Waals surface area contributed by atoms with Gasteiger partial charge < -0.3 is 9.47 Å². The third-order valence-electron chi connectivity index (χ3n) is 8.78. The summed E-state index contributed by atoms with van der Waals surface area (Å²) in [5.41, 5.74) is 5.34. The van der Waals surface area contributed by atoms with Gasteiger partial charge in [-0.05, 0) is 30.5 Å². The Morgan fingerprint density at radius 1 is 0.511 bits per heavy atom. The molecule has 256 valence electrons. The number of hydrogen-bond acceptors (Lipinski definition) is 4. The first-order valence-electron chi connectivity index (χ1n) is 18.6. The molecule has 0 fully saturated rings. The quantitative estimate of drug-likeness (QED) is 0.0738. The van der Waals surface area contributed by atoms with E-state index in [4.69, 9.17) is 9.47 Å². The molecule has 0 amide bonds. The van der Waals surface area contributed by atoms with Crippen molar-refractivity contribution >= 4 is 24.2 Å². The van der Waals surface area contributed by atoms with E-state index in [9.17, 15) is 0 Å². The van der Waals surface area contributed by atoms with Gasteiger partial charge in [0.1, 0.15) is 5.75 Å². The fourth-order valence-electron chi connectivity index (χ4n) is 7.34. The van der Waals surface area contributed by atoms with E-state index in [1.807, 2.05) is 12.4 Å². The van der Waals surface area contributed by atoms with E-state index in [-0.39, 0.29) is 0 Å². The SMILES string of the molecule is CCCCCCCCOc1ncc(-c2ccc(OCCCCCCCCCCC[Si](C)(C)C[Si](C)(C)C[Si](C)(C)C)cc2)cn1. The molecule has 1 heterocycles. The second-order valence-corrected chi connectivity index (χ2v) is 33.5. The average Bonchev–Trinajstić information content (AvgIpc) is 2.96. The first-order chi connectivity index (χ1) is 21.4. The Kier molecular flexibility index (Phi) is 18.9. The topological polar surface area (TPSA) is 44.2 Å². The highest BCUT2D eigenvalue weighted by Crippen LogP contribution is 2.31. The number of benzene rings is 1. The number of aromatic nitrogens is 2. The summed E-state index contributed by atoms with van der Waals surface area (Å²) in [7, 11) is -2.96. The first kappa shape index (κ1) is 39.7. The Morgan fingerprint density at radius 2 is 1.00 bits per heavy atom. The molecule has 7 heteroatoms. The van der Waals surface area contributed by atoms with E-state index in [0.29, 0.717) is 12.6 Å². The molecule has 0 saturated heterocycles. The normalized spacial score (nSPS) is 12.4. The van der Waals surface area contributed by atoms with Crippen LogP contribution in [0.15, 0.2) is 36.7 Å². The van der Waals surface area contributed by atoms with E-state index in [1.165, 1.54) is 83.5 Å². The maximum absolute atomic E-state index is 6.01. The van der Waals surface area contributed by atoms with Gasteiger partial charge in [-0.1, -0.05) is 166 Å². The number of nitrogens with zero attached hydrogens (tertiary/aromatic N) is 2. The van der Waals surface area contributed by atoms with Crippen LogP contribution >= 0.6 is 0 Å². The zero-order valence-electron chi connectivity index (χ0n) is 30.8. The summed E-state index contributed by atoms with van der Waals surface area (Å²) in [5.74, 6) is 0.937. The van der Waals surface area contributed by atoms with Crippen LogP contribution in [0.25, 0.3) is 11.1 Å². The minimum absolute atomic E-state index is 0.469. The smallest absolute Gasteiger partial charge is 0.316 e. The molecular weight excluding hydrogens is 601 g/mol. The molecule has 2 aromatic rings. The lowest BCUT2D eigenvalue weighted by Crippen LogP contribution is -2.44. The molecule has 0 saturated carbocycles. The highest BCUT2D eigenvalue weighted by molar-refractivity contribution is 7.02. The number of ether oxygens (including phenoxy) is 2. The Labute approximate surface area is 282 Å². The van der Waals surface area contributed by atoms with Crippen molar-refractivity contribution in [2.75, 3.05) is 13.2 Å². The highest BCUT2D eigenvalue weighted by atomic mass is 28.4. The third-order valence-corrected chi connectivity index (χ3v) is 26.2. The molecule has 45 heavy (non-hydrogen) atoms. The first-order valence-corrected chi connectivity index (χ1v) is 29.1. The van der Waals surface area contributed by atoms with Crippen molar-refractivity contribution in [2.24, 2.45) is 0 Å². The third kappa shape index (κ3) is 19.7. The Bertz CT molecular complexity index is 1020. The van der Waals surface area contributed by atoms with Gasteiger partial charge >= 0.3 is 6.01 Å². The van der Waals surface area contributed by atoms with E-state index in [0.717, 1.165) is 36.3 Å². The van der Waals surface area contributed by atoms with Crippen LogP contribution in [0.2, 0.25) is 63.2 Å². The van der Waals surface area contributed by atoms with Crippen LogP contribution in [0.4, 0.5) is 0 Å². The summed E-state index contributed by atoms with van der Waals surface area (Å²) in [6.45, 7) is 22.1. The molecule has 0 unspecified atom stereocenters. The fraction of sp³-hybridized carbons (Fsp3) is 0.737. The van der Waals surface area contributed by atoms with E-state index in [2.05, 4.69) is 87.0 Å². The number of unbranched alkanes of at least 4 members (excludes halogenated alkanes) is 13. The summed E-state index contributed by atoms with van der Waals surface area (Å²) in [4.78, 5) is 8.80. The maximum Gasteiger partial charge on any atom is 0.316 e. The van der Waals surface area contributed by atoms with Gasteiger partial charge in [0.2, 0.25) is 0 Å². The van der Waals surface area contributed by atoms with Gasteiger partial charge in [-0.3, -0.25) is 0 Å². The van der Waals surface area contributed by atoms with E-state index < -0.39 is 24.2 Å². The number of rotatable bonds is 26. The van der Waals surface area contributed by atoms with Gasteiger partial charge in [-0.2, -0.15) is 0 Å². The highest BCUT2D eigenvalue weighted by Gasteiger charge is 2.34. The summed E-state index contributed by atoms with van der Waals surface area (Å²) in [5, 5.41) is 0. The molecule has 1 aromatic carbocycles. The zero-order valence-corrected chi connectivity index (χ0v) is 33.8. The molecule has 2 rings (SSSR count). The molecule has 1 aromatic heterocycles. The van der Waals surface area contributed by atoms with Gasteiger partial charge in [-0.25, -0.2) is 9.97 Å². The predicted octanol–water partition coefficient (Wildman–Crippen LogP) is 12.6. The Balaban J connectivity index is 1.48. The molecule has 0 radical (unpaired) electrons. The molecule has 0 spiro atoms. The van der Waals surface area contributed by atoms with Crippen LogP contribution in [-0.2, 0) is 0 Å². The molecular formula is C38H70N2O2Si3. The molecule has 0 bridgehead atoms. The van der Waals surface area contributed by atoms with Crippen LogP contribution in [0.5, 0.6) is 11.8 Å². The van der Waals surface area contributed by atoms with Gasteiger partial charge in [0.25, 0.3) is 0 Å². The monoisotopic (exact) mass is 670 g/mol. The van der Waals surface area contributed by atoms with Crippen molar-refractivity contribution in [3.63, 3.8) is 0 Å². The fourth-order valence-corrected chi connectivity index (χ4v) is 32.7. The Hall–Kier alpha value is -1.45. The Morgan fingerprint density at radius 3 is 1.53 bits per heavy atom. The summed E-state index contributed by atoms with van der Waals surface area (Å²) >= 11 is 0. The molecule has 0 atom stereocenters. The molecule has 0 aliphatic rings. The van der Waals surface area contributed by atoms with Crippen LogP contribution in [-0.4, -0.2) is 47.4 Å².